The smallest absolute Gasteiger partial charge is 0.341 e. The number of ether oxygens (including phenoxy) is 1. The van der Waals surface area contributed by atoms with Crippen molar-refractivity contribution >= 4 is 28.9 Å². The van der Waals surface area contributed by atoms with E-state index in [1.54, 1.807) is 12.1 Å². The number of aryl methyl sites for hydroxylation is 1. The molecule has 0 aliphatic rings. The molecule has 0 saturated heterocycles. The standard InChI is InChI=1S/C19H21N3O6/c1-2-13-3-5-14(6-4-13)21-18(24)12-28-19(25)16-11-15(22(26)27)7-8-17(16)20-9-10-23/h3-8,11,20,23H,2,9-10,12H2,1H3,(H,21,24). The summed E-state index contributed by atoms with van der Waals surface area (Å²) < 4.78 is 4.99. The number of aliphatic hydroxyl groups is 1. The number of aliphatic hydroxyl groups excluding tert-OH is 1. The Hall–Kier alpha value is -3.46. The van der Waals surface area contributed by atoms with Crippen molar-refractivity contribution in [3.05, 3.63) is 63.7 Å². The van der Waals surface area contributed by atoms with Crippen LogP contribution in [0.5, 0.6) is 0 Å². The predicted octanol–water partition coefficient (Wildman–Crippen LogP) is 2.36. The van der Waals surface area contributed by atoms with Gasteiger partial charge in [0.1, 0.15) is 0 Å². The van der Waals surface area contributed by atoms with Crippen molar-refractivity contribution < 1.29 is 24.4 Å². The summed E-state index contributed by atoms with van der Waals surface area (Å²) in [5.41, 5.74) is 1.57. The summed E-state index contributed by atoms with van der Waals surface area (Å²) in [7, 11) is 0. The van der Waals surface area contributed by atoms with Gasteiger partial charge in [0, 0.05) is 30.1 Å². The van der Waals surface area contributed by atoms with Crippen LogP contribution in [0.2, 0.25) is 0 Å². The van der Waals surface area contributed by atoms with Gasteiger partial charge in [0.05, 0.1) is 17.1 Å². The number of carbonyl (C=O) groups is 2. The molecule has 0 aliphatic carbocycles. The van der Waals surface area contributed by atoms with Crippen LogP contribution in [-0.2, 0) is 16.0 Å². The van der Waals surface area contributed by atoms with Crippen LogP contribution in [0.25, 0.3) is 0 Å². The van der Waals surface area contributed by atoms with Gasteiger partial charge in [-0.2, -0.15) is 0 Å². The first kappa shape index (κ1) is 20.8. The van der Waals surface area contributed by atoms with Gasteiger partial charge in [-0.3, -0.25) is 14.9 Å². The Morgan fingerprint density at radius 2 is 1.89 bits per heavy atom. The van der Waals surface area contributed by atoms with Crippen LogP contribution in [0.3, 0.4) is 0 Å². The number of hydrogen-bond acceptors (Lipinski definition) is 7. The van der Waals surface area contributed by atoms with Crippen molar-refractivity contribution in [3.8, 4) is 0 Å². The summed E-state index contributed by atoms with van der Waals surface area (Å²) in [5.74, 6) is -1.42. The first-order valence-corrected chi connectivity index (χ1v) is 8.63. The van der Waals surface area contributed by atoms with Crippen molar-refractivity contribution in [2.45, 2.75) is 13.3 Å². The molecule has 0 heterocycles. The number of amides is 1. The lowest BCUT2D eigenvalue weighted by Crippen LogP contribution is -2.21. The quantitative estimate of drug-likeness (QED) is 0.342. The predicted molar refractivity (Wildman–Crippen MR) is 103 cm³/mol. The molecule has 2 rings (SSSR count). The Bertz CT molecular complexity index is 851. The molecule has 0 saturated carbocycles. The van der Waals surface area contributed by atoms with Gasteiger partial charge in [-0.15, -0.1) is 0 Å². The maximum atomic E-state index is 12.3. The highest BCUT2D eigenvalue weighted by molar-refractivity contribution is 5.99. The van der Waals surface area contributed by atoms with Crippen LogP contribution in [0.15, 0.2) is 42.5 Å². The molecule has 0 aromatic heterocycles. The molecule has 28 heavy (non-hydrogen) atoms. The SMILES string of the molecule is CCc1ccc(NC(=O)COC(=O)c2cc([N+](=O)[O-])ccc2NCCO)cc1. The minimum atomic E-state index is -0.888. The number of nitrogens with zero attached hydrogens (tertiary/aromatic N) is 1. The molecule has 1 amide bonds. The van der Waals surface area contributed by atoms with Crippen LogP contribution in [0, 0.1) is 10.1 Å². The molecule has 0 unspecified atom stereocenters. The molecule has 0 spiro atoms. The highest BCUT2D eigenvalue weighted by Crippen LogP contribution is 2.23. The zero-order valence-electron chi connectivity index (χ0n) is 15.3. The number of nitro groups is 1. The number of nitro benzene ring substituents is 1. The average Bonchev–Trinajstić information content (AvgIpc) is 2.70. The van der Waals surface area contributed by atoms with E-state index in [1.165, 1.54) is 12.1 Å². The van der Waals surface area contributed by atoms with Gasteiger partial charge < -0.3 is 20.5 Å². The monoisotopic (exact) mass is 387 g/mol. The third-order valence-electron chi connectivity index (χ3n) is 3.84. The summed E-state index contributed by atoms with van der Waals surface area (Å²) in [6.45, 7) is 1.43. The van der Waals surface area contributed by atoms with Crippen molar-refractivity contribution in [2.75, 3.05) is 30.4 Å². The van der Waals surface area contributed by atoms with Gasteiger partial charge >= 0.3 is 5.97 Å². The van der Waals surface area contributed by atoms with Crippen molar-refractivity contribution in [2.24, 2.45) is 0 Å². The average molecular weight is 387 g/mol. The fourth-order valence-electron chi connectivity index (χ4n) is 2.39. The largest absolute Gasteiger partial charge is 0.452 e. The Balaban J connectivity index is 2.03. The molecule has 9 heteroatoms. The highest BCUT2D eigenvalue weighted by Gasteiger charge is 2.19. The summed E-state index contributed by atoms with van der Waals surface area (Å²) in [6, 6.07) is 10.9. The molecule has 148 valence electrons. The normalized spacial score (nSPS) is 10.2. The molecular formula is C19H21N3O6. The number of benzene rings is 2. The van der Waals surface area contributed by atoms with Crippen LogP contribution in [-0.4, -0.2) is 41.7 Å². The minimum absolute atomic E-state index is 0.0947. The van der Waals surface area contributed by atoms with E-state index in [1.807, 2.05) is 19.1 Å². The maximum absolute atomic E-state index is 12.3. The lowest BCUT2D eigenvalue weighted by Gasteiger charge is -2.11. The van der Waals surface area contributed by atoms with Crippen LogP contribution >= 0.6 is 0 Å². The molecule has 9 nitrogen and oxygen atoms in total. The first-order chi connectivity index (χ1) is 13.4. The number of anilines is 2. The Morgan fingerprint density at radius 3 is 2.50 bits per heavy atom. The fourth-order valence-corrected chi connectivity index (χ4v) is 2.39. The number of non-ortho nitro benzene ring substituents is 1. The molecule has 0 aliphatic heterocycles. The van der Waals surface area contributed by atoms with Crippen LogP contribution in [0.4, 0.5) is 17.1 Å². The van der Waals surface area contributed by atoms with Crippen molar-refractivity contribution in [1.82, 2.24) is 0 Å². The van der Waals surface area contributed by atoms with E-state index in [4.69, 9.17) is 9.84 Å². The second-order valence-electron chi connectivity index (χ2n) is 5.81. The molecule has 0 atom stereocenters. The Morgan fingerprint density at radius 1 is 1.18 bits per heavy atom. The van der Waals surface area contributed by atoms with Gasteiger partial charge in [-0.25, -0.2) is 4.79 Å². The first-order valence-electron chi connectivity index (χ1n) is 8.63. The van der Waals surface area contributed by atoms with Gasteiger partial charge in [0.2, 0.25) is 0 Å². The van der Waals surface area contributed by atoms with E-state index in [9.17, 15) is 19.7 Å². The lowest BCUT2D eigenvalue weighted by molar-refractivity contribution is -0.384. The van der Waals surface area contributed by atoms with Gasteiger partial charge in [-0.1, -0.05) is 19.1 Å². The van der Waals surface area contributed by atoms with E-state index in [0.29, 0.717) is 5.69 Å². The fraction of sp³-hybridized carbons (Fsp3) is 0.263. The summed E-state index contributed by atoms with van der Waals surface area (Å²) in [5, 5.41) is 25.2. The highest BCUT2D eigenvalue weighted by atomic mass is 16.6. The van der Waals surface area contributed by atoms with Gasteiger partial charge in [-0.05, 0) is 30.2 Å². The number of esters is 1. The lowest BCUT2D eigenvalue weighted by atomic mass is 10.1. The zero-order chi connectivity index (χ0) is 20.5. The number of hydrogen-bond donors (Lipinski definition) is 3. The Kier molecular flexibility index (Phi) is 7.46. The molecule has 2 aromatic carbocycles. The summed E-state index contributed by atoms with van der Waals surface area (Å²) in [4.78, 5) is 34.6. The third-order valence-corrected chi connectivity index (χ3v) is 3.84. The molecule has 2 aromatic rings. The van der Waals surface area contributed by atoms with E-state index >= 15 is 0 Å². The minimum Gasteiger partial charge on any atom is -0.452 e. The molecule has 0 bridgehead atoms. The van der Waals surface area contributed by atoms with E-state index in [-0.39, 0.29) is 30.1 Å². The number of rotatable bonds is 9. The molecule has 3 N–H and O–H groups in total. The van der Waals surface area contributed by atoms with Crippen LogP contribution < -0.4 is 10.6 Å². The van der Waals surface area contributed by atoms with E-state index in [2.05, 4.69) is 10.6 Å². The van der Waals surface area contributed by atoms with Gasteiger partial charge in [0.15, 0.2) is 6.61 Å². The molecular weight excluding hydrogens is 366 g/mol. The number of nitrogens with one attached hydrogen (secondary N) is 2. The summed E-state index contributed by atoms with van der Waals surface area (Å²) >= 11 is 0. The summed E-state index contributed by atoms with van der Waals surface area (Å²) in [6.07, 6.45) is 0.877. The van der Waals surface area contributed by atoms with Crippen LogP contribution in [0.1, 0.15) is 22.8 Å². The molecule has 0 fully saturated rings. The second-order valence-corrected chi connectivity index (χ2v) is 5.81. The van der Waals surface area contributed by atoms with Crippen molar-refractivity contribution in [3.63, 3.8) is 0 Å². The van der Waals surface area contributed by atoms with E-state index < -0.39 is 23.4 Å². The molecule has 0 radical (unpaired) electrons. The topological polar surface area (TPSA) is 131 Å². The maximum Gasteiger partial charge on any atom is 0.341 e. The second kappa shape index (κ2) is 10.0. The van der Waals surface area contributed by atoms with E-state index in [0.717, 1.165) is 18.1 Å². The Labute approximate surface area is 161 Å². The van der Waals surface area contributed by atoms with Gasteiger partial charge in [0.25, 0.3) is 11.6 Å². The third kappa shape index (κ3) is 5.78. The number of carbonyl (C=O) groups excluding carboxylic acids is 2. The van der Waals surface area contributed by atoms with Crippen molar-refractivity contribution in [1.29, 1.82) is 0 Å². The zero-order valence-corrected chi connectivity index (χ0v) is 15.3.